The SMILES string of the molecule is CCC(O)CNC(=O)/C(C#N)=C/c1ccc(-c2ccc3cc(NCCN4CCOCC4)ccc3c2)s1.CCC(O)CNS(=O)(=O)/C(C#N)=C/c1ccc(-c2ccc3cc(N4CCN(C)CC4)ccc3c2)s1.CCC(O)CNS(=O)(=O)/C(C#N)=C/c1ccc(-c2ccc3cc(NCCN4CCOCC4)ccc3c2)s1. The summed E-state index contributed by atoms with van der Waals surface area (Å²) in [6.07, 6.45) is 3.52. The number of nitrogens with zero attached hydrogens (tertiary/aromatic N) is 7. The summed E-state index contributed by atoms with van der Waals surface area (Å²) < 4.78 is 65.2. The molecule has 8 N–H and O–H groups in total. The minimum atomic E-state index is -3.99. The van der Waals surface area contributed by atoms with Gasteiger partial charge in [-0.1, -0.05) is 75.4 Å². The van der Waals surface area contributed by atoms with Crippen LogP contribution in [0.5, 0.6) is 0 Å². The molecule has 9 aromatic rings. The molecule has 6 heterocycles. The number of ether oxygens (including phenoxy) is 2. The van der Waals surface area contributed by atoms with Crippen molar-refractivity contribution in [1.29, 1.82) is 15.8 Å². The molecule has 0 aliphatic carbocycles. The van der Waals surface area contributed by atoms with Crippen molar-refractivity contribution in [1.82, 2.24) is 29.5 Å². The van der Waals surface area contributed by atoms with E-state index in [9.17, 15) is 52.7 Å². The second-order valence-electron chi connectivity index (χ2n) is 26.5. The van der Waals surface area contributed by atoms with E-state index < -0.39 is 44.3 Å². The number of benzene rings is 6. The first-order chi connectivity index (χ1) is 52.2. The third-order valence-electron chi connectivity index (χ3n) is 18.8. The van der Waals surface area contributed by atoms with E-state index in [1.165, 1.54) is 62.6 Å². The standard InChI is InChI=1S/C28H32N4O3S.C27H32N4O4S2.C26H30N4O3S2/c1-2-25(33)19-31-28(34)23(18-29)17-26-7-8-27(36-26)22-4-3-21-16-24(6-5-20(21)15-22)30-9-10-32-11-13-35-14-12-32;1-2-24(32)19-30-37(33,34)26(18-28)17-25-7-8-27(36-25)22-4-3-21-16-23(6-5-20(21)15-22)29-9-10-31-11-13-35-14-12-31;1-3-23(31)18-28-35(32,33)25(17-27)16-24-8-9-26(34-24)21-5-4-20-15-22(7-6-19(20)14-21)30-12-10-29(2)11-13-30/h3-8,15-17,25,30,33H,2,9-14,19H2,1H3,(H,31,34);3-8,15-17,24,29-30,32H,2,9-14,19H2,1H3;4-9,14-16,23,28,31H,3,10-13,18H2,1-2H3/b23-17+;26-17+;25-16+. The maximum atomic E-state index is 12.5. The second-order valence-corrected chi connectivity index (χ2v) is 33.3. The van der Waals surface area contributed by atoms with Gasteiger partial charge < -0.3 is 50.5 Å². The van der Waals surface area contributed by atoms with Crippen LogP contribution in [0, 0.1) is 34.0 Å². The number of aliphatic hydroxyl groups excluding tert-OH is 3. The van der Waals surface area contributed by atoms with Crippen LogP contribution in [-0.4, -0.2) is 203 Å². The highest BCUT2D eigenvalue weighted by Crippen LogP contribution is 2.37. The monoisotopic (exact) mass is 1550 g/mol. The number of thiophene rings is 3. The maximum absolute atomic E-state index is 12.5. The van der Waals surface area contributed by atoms with Crippen LogP contribution in [-0.2, 0) is 34.3 Å². The van der Waals surface area contributed by atoms with Crippen molar-refractivity contribution in [3.63, 3.8) is 0 Å². The summed E-state index contributed by atoms with van der Waals surface area (Å²) in [6, 6.07) is 55.2. The van der Waals surface area contributed by atoms with Gasteiger partial charge >= 0.3 is 0 Å². The lowest BCUT2D eigenvalue weighted by atomic mass is 10.0. The number of hydrogen-bond donors (Lipinski definition) is 8. The van der Waals surface area contributed by atoms with Gasteiger partial charge in [0.2, 0.25) is 0 Å². The quantitative estimate of drug-likeness (QED) is 0.0160. The Morgan fingerprint density at radius 2 is 0.861 bits per heavy atom. The number of hydrogen-bond acceptors (Lipinski definition) is 22. The van der Waals surface area contributed by atoms with Gasteiger partial charge in [0.1, 0.15) is 23.8 Å². The largest absolute Gasteiger partial charge is 0.392 e. The predicted octanol–water partition coefficient (Wildman–Crippen LogP) is 11.8. The summed E-state index contributed by atoms with van der Waals surface area (Å²) in [4.78, 5) is 26.3. The summed E-state index contributed by atoms with van der Waals surface area (Å²) in [5.41, 5.74) is 6.62. The molecule has 3 fully saturated rings. The average Bonchev–Trinajstić information content (AvgIpc) is 1.39. The molecule has 3 aliphatic rings. The Balaban J connectivity index is 0.000000173. The number of likely N-dealkylation sites (N-methyl/N-ethyl adjacent to an activating group) is 1. The molecule has 568 valence electrons. The van der Waals surface area contributed by atoms with E-state index in [0.29, 0.717) is 29.0 Å². The third-order valence-corrected chi connectivity index (χ3v) is 24.7. The van der Waals surface area contributed by atoms with Gasteiger partial charge in [0, 0.05) is 144 Å². The molecule has 3 saturated heterocycles. The van der Waals surface area contributed by atoms with Crippen molar-refractivity contribution in [3.05, 3.63) is 176 Å². The highest BCUT2D eigenvalue weighted by Gasteiger charge is 2.23. The van der Waals surface area contributed by atoms with E-state index in [1.807, 2.05) is 43.3 Å². The van der Waals surface area contributed by atoms with Gasteiger partial charge in [-0.15, -0.1) is 34.0 Å². The normalized spacial score (nSPS) is 15.9. The number of nitrogens with one attached hydrogen (secondary N) is 5. The van der Waals surface area contributed by atoms with Crippen molar-refractivity contribution in [2.75, 3.05) is 147 Å². The topological polar surface area (TPSA) is 309 Å². The number of nitriles is 3. The molecule has 22 nitrogen and oxygen atoms in total. The van der Waals surface area contributed by atoms with Crippen LogP contribution in [0.4, 0.5) is 17.1 Å². The van der Waals surface area contributed by atoms with Crippen LogP contribution in [0.2, 0.25) is 0 Å². The minimum absolute atomic E-state index is 0.0267. The molecule has 108 heavy (non-hydrogen) atoms. The molecule has 3 aliphatic heterocycles. The Morgan fingerprint density at radius 1 is 0.481 bits per heavy atom. The molecule has 3 unspecified atom stereocenters. The number of allylic oxidation sites excluding steroid dienone is 2. The molecular formula is C81H94N12O10S5. The Kier molecular flexibility index (Phi) is 30.4. The number of carbonyl (C=O) groups excluding carboxylic acids is 1. The highest BCUT2D eigenvalue weighted by molar-refractivity contribution is 7.94. The molecule has 12 rings (SSSR count). The van der Waals surface area contributed by atoms with Gasteiger partial charge in [0.05, 0.1) is 44.7 Å². The van der Waals surface area contributed by atoms with Crippen LogP contribution in [0.15, 0.2) is 161 Å². The van der Waals surface area contributed by atoms with Crippen LogP contribution >= 0.6 is 34.0 Å². The lowest BCUT2D eigenvalue weighted by Gasteiger charge is -2.34. The summed E-state index contributed by atoms with van der Waals surface area (Å²) in [6.45, 7) is 20.4. The Bertz CT molecular complexity index is 5000. The number of carbonyl (C=O) groups is 1. The van der Waals surface area contributed by atoms with E-state index in [4.69, 9.17) is 9.47 Å². The lowest BCUT2D eigenvalue weighted by molar-refractivity contribution is -0.117. The predicted molar refractivity (Wildman–Crippen MR) is 440 cm³/mol. The zero-order valence-corrected chi connectivity index (χ0v) is 65.3. The molecule has 0 bridgehead atoms. The van der Waals surface area contributed by atoms with Crippen molar-refractivity contribution in [3.8, 4) is 49.5 Å². The number of fused-ring (bicyclic) bond motifs is 3. The molecule has 3 aromatic heterocycles. The minimum Gasteiger partial charge on any atom is -0.392 e. The fourth-order valence-corrected chi connectivity index (χ4v) is 16.9. The summed E-state index contributed by atoms with van der Waals surface area (Å²) in [5.74, 6) is -0.472. The van der Waals surface area contributed by atoms with Crippen LogP contribution in [0.1, 0.15) is 54.7 Å². The summed E-state index contributed by atoms with van der Waals surface area (Å²) in [7, 11) is -5.83. The molecule has 0 spiro atoms. The fraction of sp³-hybridized carbons (Fsp3) is 0.358. The van der Waals surface area contributed by atoms with Gasteiger partial charge in [0.15, 0.2) is 9.81 Å². The Labute approximate surface area is 645 Å². The molecule has 0 radical (unpaired) electrons. The van der Waals surface area contributed by atoms with Gasteiger partial charge in [-0.25, -0.2) is 26.3 Å². The Hall–Kier alpha value is -8.74. The van der Waals surface area contributed by atoms with E-state index >= 15 is 0 Å². The number of piperazine rings is 1. The average molecular weight is 1560 g/mol. The first kappa shape index (κ1) is 81.8. The number of morpholine rings is 2. The molecule has 6 aromatic carbocycles. The maximum Gasteiger partial charge on any atom is 0.262 e. The van der Waals surface area contributed by atoms with Gasteiger partial charge in [0.25, 0.3) is 26.0 Å². The molecule has 3 atom stereocenters. The first-order valence-corrected chi connectivity index (χ1v) is 41.7. The zero-order valence-electron chi connectivity index (χ0n) is 61.2. The molecule has 27 heteroatoms. The van der Waals surface area contributed by atoms with Gasteiger partial charge in [-0.3, -0.25) is 14.6 Å². The molecular weight excluding hydrogens is 1460 g/mol. The van der Waals surface area contributed by atoms with E-state index in [-0.39, 0.29) is 35.0 Å². The Morgan fingerprint density at radius 3 is 1.27 bits per heavy atom. The van der Waals surface area contributed by atoms with Crippen molar-refractivity contribution >= 4 is 128 Å². The third kappa shape index (κ3) is 23.6. The summed E-state index contributed by atoms with van der Waals surface area (Å²) >= 11 is 4.37. The molecule has 1 amide bonds. The van der Waals surface area contributed by atoms with Crippen LogP contribution < -0.4 is 30.3 Å². The summed E-state index contributed by atoms with van der Waals surface area (Å²) in [5, 5.41) is 73.7. The van der Waals surface area contributed by atoms with E-state index in [0.717, 1.165) is 174 Å². The van der Waals surface area contributed by atoms with Crippen molar-refractivity contribution in [2.24, 2.45) is 0 Å². The van der Waals surface area contributed by atoms with Crippen molar-refractivity contribution in [2.45, 2.75) is 58.3 Å². The van der Waals surface area contributed by atoms with Crippen LogP contribution in [0.25, 0.3) is 81.9 Å². The smallest absolute Gasteiger partial charge is 0.262 e. The highest BCUT2D eigenvalue weighted by atomic mass is 32.2. The second kappa shape index (κ2) is 40.1. The lowest BCUT2D eigenvalue weighted by Crippen LogP contribution is -2.44. The van der Waals surface area contributed by atoms with E-state index in [2.05, 4.69) is 161 Å². The van der Waals surface area contributed by atoms with Crippen molar-refractivity contribution < 1.29 is 46.4 Å². The van der Waals surface area contributed by atoms with Gasteiger partial charge in [-0.05, 0) is 185 Å². The van der Waals surface area contributed by atoms with Crippen LogP contribution in [0.3, 0.4) is 0 Å². The number of aliphatic hydroxyl groups is 3. The number of anilines is 3. The number of sulfonamides is 2. The fourth-order valence-electron chi connectivity index (χ4n) is 12.0. The first-order valence-electron chi connectivity index (χ1n) is 36.3. The van der Waals surface area contributed by atoms with Gasteiger partial charge in [-0.2, -0.15) is 15.8 Å². The number of amides is 1. The zero-order chi connectivity index (χ0) is 76.6. The molecule has 0 saturated carbocycles. The number of rotatable bonds is 29. The van der Waals surface area contributed by atoms with E-state index in [1.54, 1.807) is 38.1 Å².